The van der Waals surface area contributed by atoms with E-state index in [1.54, 1.807) is 10.7 Å². The Kier molecular flexibility index (Phi) is 3.50. The molecule has 4 heteroatoms. The van der Waals surface area contributed by atoms with E-state index in [2.05, 4.69) is 5.10 Å². The zero-order valence-electron chi connectivity index (χ0n) is 13.3. The smallest absolute Gasteiger partial charge is 0.229 e. The van der Waals surface area contributed by atoms with Crippen LogP contribution in [0, 0.1) is 6.92 Å². The van der Waals surface area contributed by atoms with Crippen molar-refractivity contribution in [3.63, 3.8) is 0 Å². The van der Waals surface area contributed by atoms with Gasteiger partial charge in [-0.2, -0.15) is 5.10 Å². The molecule has 2 aromatic heterocycles. The lowest BCUT2D eigenvalue weighted by Crippen LogP contribution is -2.04. The normalized spacial score (nSPS) is 11.0. The van der Waals surface area contributed by atoms with E-state index in [-0.39, 0.29) is 5.43 Å². The molecule has 0 spiro atoms. The first-order valence-electron chi connectivity index (χ1n) is 7.83. The van der Waals surface area contributed by atoms with Crippen molar-refractivity contribution in [3.8, 4) is 11.3 Å². The van der Waals surface area contributed by atoms with E-state index in [0.29, 0.717) is 29.1 Å². The molecule has 0 aliphatic heterocycles. The molecule has 118 valence electrons. The van der Waals surface area contributed by atoms with Crippen LogP contribution in [-0.2, 0) is 6.54 Å². The van der Waals surface area contributed by atoms with Gasteiger partial charge in [0.2, 0.25) is 5.71 Å². The number of hydrogen-bond acceptors (Lipinski definition) is 3. The molecule has 0 unspecified atom stereocenters. The van der Waals surface area contributed by atoms with Crippen LogP contribution in [0.1, 0.15) is 11.3 Å². The van der Waals surface area contributed by atoms with E-state index in [9.17, 15) is 4.79 Å². The van der Waals surface area contributed by atoms with Crippen LogP contribution in [-0.4, -0.2) is 9.78 Å². The quantitative estimate of drug-likeness (QED) is 0.574. The van der Waals surface area contributed by atoms with Gasteiger partial charge >= 0.3 is 0 Å². The Labute approximate surface area is 139 Å². The van der Waals surface area contributed by atoms with Crippen LogP contribution in [0.25, 0.3) is 22.4 Å². The molecule has 0 amide bonds. The van der Waals surface area contributed by atoms with Crippen molar-refractivity contribution < 1.29 is 4.42 Å². The number of nitrogens with zero attached hydrogens (tertiary/aromatic N) is 2. The number of benzene rings is 2. The van der Waals surface area contributed by atoms with Crippen molar-refractivity contribution in [1.82, 2.24) is 9.78 Å². The summed E-state index contributed by atoms with van der Waals surface area (Å²) in [4.78, 5) is 12.5. The van der Waals surface area contributed by atoms with Gasteiger partial charge in [0.15, 0.2) is 5.43 Å². The molecule has 0 N–H and O–H groups in total. The second-order valence-corrected chi connectivity index (χ2v) is 5.75. The van der Waals surface area contributed by atoms with Gasteiger partial charge in [-0.05, 0) is 12.5 Å². The summed E-state index contributed by atoms with van der Waals surface area (Å²) in [5.41, 5.74) is 3.13. The van der Waals surface area contributed by atoms with Crippen LogP contribution in [0.2, 0.25) is 0 Å². The Morgan fingerprint density at radius 1 is 1.00 bits per heavy atom. The molecule has 2 aromatic carbocycles. The lowest BCUT2D eigenvalue weighted by molar-refractivity contribution is 0.553. The molecule has 4 rings (SSSR count). The van der Waals surface area contributed by atoms with Gasteiger partial charge in [-0.1, -0.05) is 60.7 Å². The molecule has 0 saturated carbocycles. The Morgan fingerprint density at radius 3 is 2.38 bits per heavy atom. The maximum absolute atomic E-state index is 12.5. The minimum atomic E-state index is -0.0630. The van der Waals surface area contributed by atoms with Crippen LogP contribution in [0.5, 0.6) is 0 Å². The molecule has 0 atom stereocenters. The van der Waals surface area contributed by atoms with Crippen molar-refractivity contribution in [3.05, 3.63) is 88.2 Å². The van der Waals surface area contributed by atoms with Gasteiger partial charge in [0.1, 0.15) is 11.1 Å². The van der Waals surface area contributed by atoms with E-state index < -0.39 is 0 Å². The molecular weight excluding hydrogens is 300 g/mol. The molecule has 2 heterocycles. The zero-order chi connectivity index (χ0) is 16.5. The Bertz CT molecular complexity index is 1050. The average molecular weight is 316 g/mol. The van der Waals surface area contributed by atoms with E-state index in [1.165, 1.54) is 0 Å². The minimum absolute atomic E-state index is 0.0630. The third kappa shape index (κ3) is 2.52. The van der Waals surface area contributed by atoms with Gasteiger partial charge in [-0.25, -0.2) is 4.68 Å². The van der Waals surface area contributed by atoms with E-state index in [1.807, 2.05) is 67.6 Å². The van der Waals surface area contributed by atoms with Gasteiger partial charge in [0.25, 0.3) is 0 Å². The first-order valence-corrected chi connectivity index (χ1v) is 7.83. The molecule has 4 aromatic rings. The Morgan fingerprint density at radius 2 is 1.67 bits per heavy atom. The molecule has 0 fully saturated rings. The Balaban J connectivity index is 1.89. The summed E-state index contributed by atoms with van der Waals surface area (Å²) in [7, 11) is 0. The fourth-order valence-corrected chi connectivity index (χ4v) is 2.88. The van der Waals surface area contributed by atoms with Crippen molar-refractivity contribution >= 4 is 11.1 Å². The number of aryl methyl sites for hydroxylation is 1. The molecule has 24 heavy (non-hydrogen) atoms. The summed E-state index contributed by atoms with van der Waals surface area (Å²) in [6.45, 7) is 2.40. The van der Waals surface area contributed by atoms with Crippen LogP contribution < -0.4 is 5.43 Å². The molecule has 0 bridgehead atoms. The van der Waals surface area contributed by atoms with Crippen molar-refractivity contribution in [2.45, 2.75) is 13.5 Å². The molecule has 0 aliphatic carbocycles. The van der Waals surface area contributed by atoms with Crippen LogP contribution in [0.4, 0.5) is 0 Å². The first kappa shape index (κ1) is 14.5. The topological polar surface area (TPSA) is 48.0 Å². The summed E-state index contributed by atoms with van der Waals surface area (Å²) in [6, 6.07) is 21.2. The number of aromatic nitrogens is 2. The zero-order valence-corrected chi connectivity index (χ0v) is 13.3. The summed E-state index contributed by atoms with van der Waals surface area (Å²) in [5.74, 6) is 0.558. The van der Waals surface area contributed by atoms with E-state index in [4.69, 9.17) is 4.42 Å². The summed E-state index contributed by atoms with van der Waals surface area (Å²) in [6.07, 6.45) is 0. The lowest BCUT2D eigenvalue weighted by Gasteiger charge is -2.05. The van der Waals surface area contributed by atoms with Crippen LogP contribution in [0.3, 0.4) is 0 Å². The van der Waals surface area contributed by atoms with Crippen LogP contribution >= 0.6 is 0 Å². The van der Waals surface area contributed by atoms with Gasteiger partial charge in [0, 0.05) is 11.6 Å². The maximum atomic E-state index is 12.5. The molecule has 0 aliphatic rings. The fraction of sp³-hybridized carbons (Fsp3) is 0.100. The third-order valence-corrected chi connectivity index (χ3v) is 4.03. The third-order valence-electron chi connectivity index (χ3n) is 4.03. The summed E-state index contributed by atoms with van der Waals surface area (Å²) >= 11 is 0. The van der Waals surface area contributed by atoms with Crippen molar-refractivity contribution in [2.75, 3.05) is 0 Å². The molecule has 0 saturated heterocycles. The Hall–Kier alpha value is -3.14. The predicted molar refractivity (Wildman–Crippen MR) is 94.0 cm³/mol. The van der Waals surface area contributed by atoms with Gasteiger partial charge < -0.3 is 4.42 Å². The fourth-order valence-electron chi connectivity index (χ4n) is 2.88. The lowest BCUT2D eigenvalue weighted by atomic mass is 10.1. The second-order valence-electron chi connectivity index (χ2n) is 5.75. The first-order chi connectivity index (χ1) is 11.7. The van der Waals surface area contributed by atoms with Crippen molar-refractivity contribution in [1.29, 1.82) is 0 Å². The number of hydrogen-bond donors (Lipinski definition) is 0. The monoisotopic (exact) mass is 316 g/mol. The number of rotatable bonds is 3. The molecule has 0 radical (unpaired) electrons. The predicted octanol–water partition coefficient (Wildman–Crippen LogP) is 4.01. The summed E-state index contributed by atoms with van der Waals surface area (Å²) < 4.78 is 7.81. The van der Waals surface area contributed by atoms with Gasteiger partial charge in [0.05, 0.1) is 12.2 Å². The highest BCUT2D eigenvalue weighted by Crippen LogP contribution is 2.23. The average Bonchev–Trinajstić information content (AvgIpc) is 2.93. The molecular formula is C20H16N2O2. The van der Waals surface area contributed by atoms with Crippen LogP contribution in [0.15, 0.2) is 75.9 Å². The van der Waals surface area contributed by atoms with E-state index in [0.717, 1.165) is 11.1 Å². The molecule has 4 nitrogen and oxygen atoms in total. The van der Waals surface area contributed by atoms with Gasteiger partial charge in [-0.15, -0.1) is 0 Å². The van der Waals surface area contributed by atoms with Gasteiger partial charge in [-0.3, -0.25) is 4.79 Å². The standard InChI is InChI=1S/C20H16N2O2/c1-14-19-17(23)12-18(16-10-6-3-7-11-16)24-20(19)22(21-14)13-15-8-4-2-5-9-15/h2-12H,13H2,1H3. The summed E-state index contributed by atoms with van der Waals surface area (Å²) in [5, 5.41) is 5.05. The highest BCUT2D eigenvalue weighted by Gasteiger charge is 2.15. The maximum Gasteiger partial charge on any atom is 0.229 e. The largest absolute Gasteiger partial charge is 0.438 e. The number of fused-ring (bicyclic) bond motifs is 1. The van der Waals surface area contributed by atoms with E-state index >= 15 is 0 Å². The minimum Gasteiger partial charge on any atom is -0.438 e. The second kappa shape index (κ2) is 5.81. The van der Waals surface area contributed by atoms with Crippen molar-refractivity contribution in [2.24, 2.45) is 0 Å². The highest BCUT2D eigenvalue weighted by molar-refractivity contribution is 5.78. The highest BCUT2D eigenvalue weighted by atomic mass is 16.3. The SMILES string of the molecule is Cc1nn(Cc2ccccc2)c2oc(-c3ccccc3)cc(=O)c12.